The van der Waals surface area contributed by atoms with Gasteiger partial charge in [0.2, 0.25) is 5.91 Å². The minimum atomic E-state index is -1.53. The fourth-order valence-electron chi connectivity index (χ4n) is 5.63. The summed E-state index contributed by atoms with van der Waals surface area (Å²) >= 11 is 0. The van der Waals surface area contributed by atoms with Crippen LogP contribution in [-0.4, -0.2) is 21.5 Å². The Balaban J connectivity index is 1.63. The van der Waals surface area contributed by atoms with E-state index in [9.17, 15) is 14.0 Å². The first-order chi connectivity index (χ1) is 16.5. The predicted molar refractivity (Wildman–Crippen MR) is 125 cm³/mol. The van der Waals surface area contributed by atoms with E-state index in [1.165, 1.54) is 12.1 Å². The van der Waals surface area contributed by atoms with Crippen molar-refractivity contribution in [3.8, 4) is 5.69 Å². The topological polar surface area (TPSA) is 76.0 Å². The first-order valence-corrected chi connectivity index (χ1v) is 10.9. The molecule has 0 fully saturated rings. The molecule has 164 valence electrons. The van der Waals surface area contributed by atoms with E-state index in [0.717, 1.165) is 5.69 Å². The van der Waals surface area contributed by atoms with Crippen molar-refractivity contribution >= 4 is 28.9 Å². The molecule has 3 aliphatic rings. The highest BCUT2D eigenvalue weighted by Crippen LogP contribution is 2.58. The molecule has 0 saturated carbocycles. The molecule has 0 saturated heterocycles. The van der Waals surface area contributed by atoms with Crippen molar-refractivity contribution < 1.29 is 14.0 Å². The van der Waals surface area contributed by atoms with E-state index in [2.05, 4.69) is 10.6 Å². The fraction of sp³-hybridized carbons (Fsp3) is 0.0741. The lowest BCUT2D eigenvalue weighted by Gasteiger charge is -2.34. The highest BCUT2D eigenvalue weighted by Gasteiger charge is 2.61. The van der Waals surface area contributed by atoms with Gasteiger partial charge in [-0.3, -0.25) is 9.59 Å². The third kappa shape index (κ3) is 2.11. The number of anilines is 2. The molecule has 34 heavy (non-hydrogen) atoms. The van der Waals surface area contributed by atoms with Gasteiger partial charge in [0.15, 0.2) is 5.78 Å². The number of amides is 1. The summed E-state index contributed by atoms with van der Waals surface area (Å²) < 4.78 is 16.3. The number of carbonyl (C=O) groups excluding carboxylic acids is 2. The first kappa shape index (κ1) is 19.0. The average Bonchev–Trinajstić information content (AvgIpc) is 3.44. The number of halogens is 1. The standard InChI is InChI=1S/C27H17FN4O2/c1-14-21-25(32(31-14)16-7-3-2-4-8-16)30-23-17-9-5-6-10-18(17)24(33)22(23)27(21)19-13-15(28)11-12-20(19)29-26(27)34/h2-13,30H,1H3,(H,29,34). The Morgan fingerprint density at radius 2 is 1.65 bits per heavy atom. The van der Waals surface area contributed by atoms with Gasteiger partial charge in [0.1, 0.15) is 17.1 Å². The van der Waals surface area contributed by atoms with E-state index < -0.39 is 11.2 Å². The molecule has 3 heterocycles. The van der Waals surface area contributed by atoms with Crippen LogP contribution in [0.25, 0.3) is 11.4 Å². The molecule has 7 heteroatoms. The van der Waals surface area contributed by atoms with Crippen LogP contribution in [0, 0.1) is 12.7 Å². The van der Waals surface area contributed by atoms with Crippen LogP contribution in [-0.2, 0) is 10.2 Å². The van der Waals surface area contributed by atoms with Crippen molar-refractivity contribution in [2.24, 2.45) is 0 Å². The number of ketones is 1. The molecule has 4 aromatic rings. The van der Waals surface area contributed by atoms with Crippen molar-refractivity contribution in [3.63, 3.8) is 0 Å². The summed E-state index contributed by atoms with van der Waals surface area (Å²) in [5, 5.41) is 11.1. The van der Waals surface area contributed by atoms with Crippen LogP contribution in [0.4, 0.5) is 15.9 Å². The molecule has 0 radical (unpaired) electrons. The zero-order chi connectivity index (χ0) is 23.2. The van der Waals surface area contributed by atoms with Gasteiger partial charge in [-0.2, -0.15) is 5.10 Å². The fourth-order valence-corrected chi connectivity index (χ4v) is 5.63. The van der Waals surface area contributed by atoms with E-state index in [4.69, 9.17) is 5.10 Å². The van der Waals surface area contributed by atoms with Crippen molar-refractivity contribution in [2.75, 3.05) is 10.6 Å². The van der Waals surface area contributed by atoms with Crippen LogP contribution in [0.1, 0.15) is 32.7 Å². The SMILES string of the molecule is Cc1nn(-c2ccccc2)c2c1C1(C(=O)Nc3ccc(F)cc31)C1=C(N2)c2ccccc2C1=O. The number of rotatable bonds is 1. The summed E-state index contributed by atoms with van der Waals surface area (Å²) in [7, 11) is 0. The number of benzene rings is 3. The summed E-state index contributed by atoms with van der Waals surface area (Å²) in [5.74, 6) is -0.532. The number of para-hydroxylation sites is 1. The molecule has 2 aliphatic heterocycles. The lowest BCUT2D eigenvalue weighted by atomic mass is 9.67. The van der Waals surface area contributed by atoms with Crippen LogP contribution in [0.5, 0.6) is 0 Å². The number of aryl methyl sites for hydroxylation is 1. The zero-order valence-corrected chi connectivity index (χ0v) is 18.0. The molecular weight excluding hydrogens is 431 g/mol. The van der Waals surface area contributed by atoms with Crippen molar-refractivity contribution in [2.45, 2.75) is 12.3 Å². The molecule has 3 aromatic carbocycles. The van der Waals surface area contributed by atoms with Crippen LogP contribution < -0.4 is 10.6 Å². The number of carbonyl (C=O) groups is 2. The summed E-state index contributed by atoms with van der Waals surface area (Å²) in [5.41, 5.74) is 3.40. The number of aromatic nitrogens is 2. The Hall–Kier alpha value is -4.52. The van der Waals surface area contributed by atoms with Gasteiger partial charge in [-0.25, -0.2) is 9.07 Å². The van der Waals surface area contributed by atoms with E-state index in [0.29, 0.717) is 50.7 Å². The smallest absolute Gasteiger partial charge is 0.244 e. The Labute approximate surface area is 193 Å². The third-order valence-electron chi connectivity index (χ3n) is 6.95. The largest absolute Gasteiger partial charge is 0.339 e. The second kappa shape index (κ2) is 6.29. The van der Waals surface area contributed by atoms with Gasteiger partial charge in [-0.15, -0.1) is 0 Å². The van der Waals surface area contributed by atoms with Gasteiger partial charge in [-0.05, 0) is 37.3 Å². The lowest BCUT2D eigenvalue weighted by molar-refractivity contribution is -0.118. The molecule has 2 N–H and O–H groups in total. The van der Waals surface area contributed by atoms with E-state index in [-0.39, 0.29) is 11.7 Å². The second-order valence-electron chi connectivity index (χ2n) is 8.70. The predicted octanol–water partition coefficient (Wildman–Crippen LogP) is 4.59. The van der Waals surface area contributed by atoms with Gasteiger partial charge < -0.3 is 10.6 Å². The molecule has 7 rings (SSSR count). The first-order valence-electron chi connectivity index (χ1n) is 10.9. The van der Waals surface area contributed by atoms with Gasteiger partial charge in [0.25, 0.3) is 0 Å². The minimum absolute atomic E-state index is 0.247. The number of nitrogens with one attached hydrogen (secondary N) is 2. The monoisotopic (exact) mass is 448 g/mol. The zero-order valence-electron chi connectivity index (χ0n) is 18.0. The molecule has 0 bridgehead atoms. The number of Topliss-reactive ketones (excluding diaryl/α,β-unsaturated/α-hetero) is 1. The number of hydrogen-bond donors (Lipinski definition) is 2. The maximum Gasteiger partial charge on any atom is 0.244 e. The Morgan fingerprint density at radius 1 is 0.912 bits per heavy atom. The van der Waals surface area contributed by atoms with Crippen molar-refractivity contribution in [1.29, 1.82) is 0 Å². The Bertz CT molecular complexity index is 1620. The maximum absolute atomic E-state index is 14.6. The molecule has 1 amide bonds. The van der Waals surface area contributed by atoms with Gasteiger partial charge in [-0.1, -0.05) is 42.5 Å². The summed E-state index contributed by atoms with van der Waals surface area (Å²) in [6.07, 6.45) is 0. The normalized spacial score (nSPS) is 19.5. The van der Waals surface area contributed by atoms with Gasteiger partial charge >= 0.3 is 0 Å². The van der Waals surface area contributed by atoms with Crippen LogP contribution >= 0.6 is 0 Å². The van der Waals surface area contributed by atoms with Gasteiger partial charge in [0.05, 0.1) is 17.1 Å². The lowest BCUT2D eigenvalue weighted by Crippen LogP contribution is -2.43. The highest BCUT2D eigenvalue weighted by molar-refractivity contribution is 6.31. The van der Waals surface area contributed by atoms with E-state index in [1.807, 2.05) is 49.4 Å². The van der Waals surface area contributed by atoms with Crippen LogP contribution in [0.15, 0.2) is 78.4 Å². The second-order valence-corrected chi connectivity index (χ2v) is 8.70. The summed E-state index contributed by atoms with van der Waals surface area (Å²) in [4.78, 5) is 27.8. The summed E-state index contributed by atoms with van der Waals surface area (Å²) in [6.45, 7) is 1.81. The van der Waals surface area contributed by atoms with Gasteiger partial charge in [0, 0.05) is 33.5 Å². The molecule has 1 spiro atoms. The van der Waals surface area contributed by atoms with Crippen molar-refractivity contribution in [3.05, 3.63) is 112 Å². The molecule has 1 aliphatic carbocycles. The Morgan fingerprint density at radius 3 is 2.44 bits per heavy atom. The number of nitrogens with zero attached hydrogens (tertiary/aromatic N) is 2. The molecule has 1 unspecified atom stereocenters. The molecule has 1 atom stereocenters. The molecule has 1 aromatic heterocycles. The number of fused-ring (bicyclic) bond motifs is 7. The highest BCUT2D eigenvalue weighted by atomic mass is 19.1. The third-order valence-corrected chi connectivity index (χ3v) is 6.95. The summed E-state index contributed by atoms with van der Waals surface area (Å²) in [6, 6.07) is 21.0. The average molecular weight is 448 g/mol. The molecular formula is C27H17FN4O2. The molecule has 6 nitrogen and oxygen atoms in total. The maximum atomic E-state index is 14.6. The number of hydrogen-bond acceptors (Lipinski definition) is 4. The quantitative estimate of drug-likeness (QED) is 0.447. The minimum Gasteiger partial charge on any atom is -0.339 e. The van der Waals surface area contributed by atoms with Crippen molar-refractivity contribution in [1.82, 2.24) is 9.78 Å². The van der Waals surface area contributed by atoms with Crippen LogP contribution in [0.3, 0.4) is 0 Å². The van der Waals surface area contributed by atoms with E-state index in [1.54, 1.807) is 22.9 Å². The Kier molecular flexibility index (Phi) is 3.51. The van der Waals surface area contributed by atoms with E-state index >= 15 is 0 Å². The van der Waals surface area contributed by atoms with Crippen LogP contribution in [0.2, 0.25) is 0 Å².